The van der Waals surface area contributed by atoms with Gasteiger partial charge in [-0.2, -0.15) is 0 Å². The van der Waals surface area contributed by atoms with Crippen LogP contribution in [-0.2, 0) is 65.4 Å². The second-order valence-electron chi connectivity index (χ2n) is 25.4. The molecule has 0 fully saturated rings. The number of hydrogen-bond donors (Lipinski definition) is 3. The minimum Gasteiger partial charge on any atom is -0.462 e. The van der Waals surface area contributed by atoms with Gasteiger partial charge in [-0.15, -0.1) is 0 Å². The molecule has 0 aromatic rings. The van der Waals surface area contributed by atoms with Crippen LogP contribution < -0.4 is 0 Å². The Kier molecular flexibility index (Phi) is 61.1. The predicted molar refractivity (Wildman–Crippen MR) is 354 cm³/mol. The molecule has 3 N–H and O–H groups in total. The topological polar surface area (TPSA) is 237 Å². The quantitative estimate of drug-likeness (QED) is 0.0222. The summed E-state index contributed by atoms with van der Waals surface area (Å²) in [5, 5.41) is 10.6. The van der Waals surface area contributed by atoms with Crippen molar-refractivity contribution in [3.8, 4) is 0 Å². The number of carbonyl (C=O) groups excluding carboxylic acids is 4. The average Bonchev–Trinajstić information content (AvgIpc) is 3.59. The van der Waals surface area contributed by atoms with Crippen LogP contribution in [0.15, 0.2) is 0 Å². The van der Waals surface area contributed by atoms with Gasteiger partial charge in [0.05, 0.1) is 26.4 Å². The molecule has 17 nitrogen and oxygen atoms in total. The van der Waals surface area contributed by atoms with E-state index in [0.29, 0.717) is 25.7 Å². The molecule has 0 saturated carbocycles. The molecule has 0 heterocycles. The summed E-state index contributed by atoms with van der Waals surface area (Å²) in [6.07, 6.45) is 48.4. The van der Waals surface area contributed by atoms with Gasteiger partial charge in [-0.3, -0.25) is 37.3 Å². The van der Waals surface area contributed by atoms with Crippen molar-refractivity contribution in [1.29, 1.82) is 0 Å². The monoisotopic (exact) mass is 1300 g/mol. The number of aliphatic hydroxyl groups is 1. The van der Waals surface area contributed by atoms with Crippen LogP contribution in [0, 0.1) is 5.92 Å². The Hall–Kier alpha value is -1.94. The van der Waals surface area contributed by atoms with Gasteiger partial charge in [0.25, 0.3) is 0 Å². The van der Waals surface area contributed by atoms with Gasteiger partial charge in [0.1, 0.15) is 19.3 Å². The minimum absolute atomic E-state index is 0.105. The summed E-state index contributed by atoms with van der Waals surface area (Å²) in [5.74, 6) is -1.40. The SMILES string of the molecule is CCCCCCCCCCCCCCCCC(=O)O[C@H](COC(=O)CCCCCCCCCCCCCC)COP(=O)(O)OC[C@@H](O)COP(=O)(O)OC[C@@H](COC(=O)CCCCCCCCCCCCC)OC(=O)CCCCCCCCCCC(C)C. The molecule has 0 rings (SSSR count). The van der Waals surface area contributed by atoms with E-state index in [1.807, 2.05) is 0 Å². The standard InChI is InChI=1S/C69H134O17P2/c1-6-9-12-15-18-21-24-26-27-30-33-39-44-49-54-68(73)85-64(58-80-67(72)53-48-43-38-32-29-25-22-19-16-13-10-7-2)60-83-87(75,76)81-56-63(70)57-82-88(77,78)84-61-65(86-69(74)55-50-45-40-35-34-36-41-46-51-62(4)5)59-79-66(71)52-47-42-37-31-28-23-20-17-14-11-8-3/h62-65,70H,6-61H2,1-5H3,(H,75,76)(H,77,78)/t63-,64-,65-/m1/s1. The number of hydrogen-bond acceptors (Lipinski definition) is 15. The van der Waals surface area contributed by atoms with E-state index in [4.69, 9.17) is 37.0 Å². The lowest BCUT2D eigenvalue weighted by Gasteiger charge is -2.21. The van der Waals surface area contributed by atoms with Gasteiger partial charge in [-0.25, -0.2) is 9.13 Å². The Morgan fingerprint density at radius 3 is 0.773 bits per heavy atom. The zero-order chi connectivity index (χ0) is 64.9. The number of carbonyl (C=O) groups is 4. The van der Waals surface area contributed by atoms with E-state index in [9.17, 15) is 43.2 Å². The van der Waals surface area contributed by atoms with Gasteiger partial charge in [-0.1, -0.05) is 304 Å². The molecule has 0 spiro atoms. The summed E-state index contributed by atoms with van der Waals surface area (Å²) < 4.78 is 68.2. The summed E-state index contributed by atoms with van der Waals surface area (Å²) in [6, 6.07) is 0. The maximum atomic E-state index is 13.0. The molecule has 522 valence electrons. The first-order valence-corrected chi connectivity index (χ1v) is 39.1. The van der Waals surface area contributed by atoms with Crippen molar-refractivity contribution in [2.24, 2.45) is 5.92 Å². The van der Waals surface area contributed by atoms with Crippen LogP contribution in [0.2, 0.25) is 0 Å². The minimum atomic E-state index is -4.95. The van der Waals surface area contributed by atoms with E-state index in [1.54, 1.807) is 0 Å². The van der Waals surface area contributed by atoms with Crippen LogP contribution in [0.1, 0.15) is 356 Å². The fourth-order valence-electron chi connectivity index (χ4n) is 10.5. The molecule has 5 atom stereocenters. The first-order valence-electron chi connectivity index (χ1n) is 36.1. The summed E-state index contributed by atoms with van der Waals surface area (Å²) in [6.45, 7) is 7.20. The fraction of sp³-hybridized carbons (Fsp3) is 0.942. The number of esters is 4. The number of aliphatic hydroxyl groups excluding tert-OH is 1. The summed E-state index contributed by atoms with van der Waals surface area (Å²) >= 11 is 0. The second kappa shape index (κ2) is 62.5. The van der Waals surface area contributed by atoms with Crippen LogP contribution in [-0.4, -0.2) is 96.7 Å². The number of phosphoric acid groups is 2. The van der Waals surface area contributed by atoms with E-state index in [-0.39, 0.29) is 25.7 Å². The molecule has 0 saturated heterocycles. The first kappa shape index (κ1) is 86.1. The molecule has 19 heteroatoms. The zero-order valence-corrected chi connectivity index (χ0v) is 58.6. The molecule has 0 bridgehead atoms. The van der Waals surface area contributed by atoms with Gasteiger partial charge in [0.2, 0.25) is 0 Å². The lowest BCUT2D eigenvalue weighted by atomic mass is 10.0. The van der Waals surface area contributed by atoms with Gasteiger partial charge in [-0.05, 0) is 31.6 Å². The molecule has 0 aliphatic heterocycles. The third-order valence-electron chi connectivity index (χ3n) is 16.0. The lowest BCUT2D eigenvalue weighted by molar-refractivity contribution is -0.161. The molecule has 0 radical (unpaired) electrons. The molecule has 0 amide bonds. The number of ether oxygens (including phenoxy) is 4. The Balaban J connectivity index is 5.25. The molecular weight excluding hydrogens is 1160 g/mol. The number of unbranched alkanes of at least 4 members (excludes halogenated alkanes) is 41. The van der Waals surface area contributed by atoms with Gasteiger partial charge in [0.15, 0.2) is 12.2 Å². The second-order valence-corrected chi connectivity index (χ2v) is 28.3. The predicted octanol–water partition coefficient (Wildman–Crippen LogP) is 19.7. The van der Waals surface area contributed by atoms with E-state index in [2.05, 4.69) is 34.6 Å². The van der Waals surface area contributed by atoms with Crippen molar-refractivity contribution < 1.29 is 80.2 Å². The highest BCUT2D eigenvalue weighted by Gasteiger charge is 2.30. The molecule has 88 heavy (non-hydrogen) atoms. The van der Waals surface area contributed by atoms with Crippen molar-refractivity contribution in [1.82, 2.24) is 0 Å². The van der Waals surface area contributed by atoms with Crippen molar-refractivity contribution in [3.05, 3.63) is 0 Å². The van der Waals surface area contributed by atoms with Crippen LogP contribution in [0.5, 0.6) is 0 Å². The molecule has 2 unspecified atom stereocenters. The summed E-state index contributed by atoms with van der Waals surface area (Å²) in [4.78, 5) is 72.5. The zero-order valence-electron chi connectivity index (χ0n) is 56.9. The summed E-state index contributed by atoms with van der Waals surface area (Å²) in [5.41, 5.74) is 0. The van der Waals surface area contributed by atoms with Gasteiger partial charge < -0.3 is 33.8 Å². The number of phosphoric ester groups is 2. The molecular formula is C69H134O17P2. The Morgan fingerprint density at radius 1 is 0.307 bits per heavy atom. The van der Waals surface area contributed by atoms with Crippen LogP contribution in [0.25, 0.3) is 0 Å². The highest BCUT2D eigenvalue weighted by atomic mass is 31.2. The third-order valence-corrected chi connectivity index (χ3v) is 17.9. The number of rotatable bonds is 69. The van der Waals surface area contributed by atoms with E-state index in [1.165, 1.54) is 180 Å². The van der Waals surface area contributed by atoms with E-state index in [0.717, 1.165) is 95.8 Å². The van der Waals surface area contributed by atoms with Crippen molar-refractivity contribution in [2.45, 2.75) is 374 Å². The van der Waals surface area contributed by atoms with Crippen LogP contribution in [0.4, 0.5) is 0 Å². The Labute approximate surface area is 537 Å². The highest BCUT2D eigenvalue weighted by Crippen LogP contribution is 2.45. The van der Waals surface area contributed by atoms with Crippen LogP contribution >= 0.6 is 15.6 Å². The average molecular weight is 1300 g/mol. The largest absolute Gasteiger partial charge is 0.472 e. The molecule has 0 aliphatic carbocycles. The summed E-state index contributed by atoms with van der Waals surface area (Å²) in [7, 11) is -9.90. The Morgan fingerprint density at radius 2 is 0.523 bits per heavy atom. The highest BCUT2D eigenvalue weighted by molar-refractivity contribution is 7.47. The molecule has 0 aromatic heterocycles. The van der Waals surface area contributed by atoms with Crippen LogP contribution in [0.3, 0.4) is 0 Å². The van der Waals surface area contributed by atoms with Gasteiger partial charge in [0, 0.05) is 25.7 Å². The van der Waals surface area contributed by atoms with E-state index < -0.39 is 97.5 Å². The lowest BCUT2D eigenvalue weighted by Crippen LogP contribution is -2.30. The molecule has 0 aliphatic rings. The Bertz CT molecular complexity index is 1700. The van der Waals surface area contributed by atoms with Crippen molar-refractivity contribution in [3.63, 3.8) is 0 Å². The third kappa shape index (κ3) is 62.8. The maximum absolute atomic E-state index is 13.0. The smallest absolute Gasteiger partial charge is 0.462 e. The first-order chi connectivity index (χ1) is 42.5. The van der Waals surface area contributed by atoms with Crippen molar-refractivity contribution in [2.75, 3.05) is 39.6 Å². The van der Waals surface area contributed by atoms with Gasteiger partial charge >= 0.3 is 39.5 Å². The maximum Gasteiger partial charge on any atom is 0.472 e. The van der Waals surface area contributed by atoms with Crippen molar-refractivity contribution >= 4 is 39.5 Å². The molecule has 0 aromatic carbocycles. The van der Waals surface area contributed by atoms with E-state index >= 15 is 0 Å². The normalized spacial score (nSPS) is 14.1. The fourth-order valence-corrected chi connectivity index (χ4v) is 12.0.